The fourth-order valence-corrected chi connectivity index (χ4v) is 2.27. The average molecular weight is 303 g/mol. The van der Waals surface area contributed by atoms with Gasteiger partial charge in [0, 0.05) is 0 Å². The summed E-state index contributed by atoms with van der Waals surface area (Å²) in [5.41, 5.74) is 0.270. The Labute approximate surface area is 123 Å². The quantitative estimate of drug-likeness (QED) is 0.446. The Balaban J connectivity index is 1.68. The van der Waals surface area contributed by atoms with Gasteiger partial charge < -0.3 is 9.57 Å². The molecule has 1 fully saturated rings. The SMILES string of the molecule is O=C1CC(CC(=O)ON2C(=O)c3ccccc3C2=O)C(=O)O1. The third-order valence-corrected chi connectivity index (χ3v) is 3.32. The molecule has 0 aromatic heterocycles. The lowest BCUT2D eigenvalue weighted by Crippen LogP contribution is -2.33. The Kier molecular flexibility index (Phi) is 3.21. The standard InChI is InChI=1S/C14H9NO7/c16-10-5-7(14(20)21-10)6-11(17)22-15-12(18)8-3-1-2-4-9(8)13(15)19/h1-4,7H,5-6H2. The van der Waals surface area contributed by atoms with E-state index in [-0.39, 0.29) is 17.5 Å². The molecule has 1 atom stereocenters. The number of esters is 2. The van der Waals surface area contributed by atoms with Gasteiger partial charge in [0.05, 0.1) is 29.9 Å². The summed E-state index contributed by atoms with van der Waals surface area (Å²) < 4.78 is 4.30. The highest BCUT2D eigenvalue weighted by molar-refractivity contribution is 6.20. The zero-order valence-electron chi connectivity index (χ0n) is 11.1. The van der Waals surface area contributed by atoms with Crippen molar-refractivity contribution in [2.45, 2.75) is 12.8 Å². The molecule has 1 aromatic carbocycles. The van der Waals surface area contributed by atoms with Gasteiger partial charge in [-0.05, 0) is 12.1 Å². The van der Waals surface area contributed by atoms with Crippen LogP contribution < -0.4 is 0 Å². The normalized spacial score (nSPS) is 20.2. The first kappa shape index (κ1) is 13.9. The van der Waals surface area contributed by atoms with E-state index in [1.807, 2.05) is 0 Å². The highest BCUT2D eigenvalue weighted by Gasteiger charge is 2.40. The Morgan fingerprint density at radius 1 is 1.14 bits per heavy atom. The van der Waals surface area contributed by atoms with Crippen LogP contribution in [0.1, 0.15) is 33.6 Å². The maximum absolute atomic E-state index is 12.0. The summed E-state index contributed by atoms with van der Waals surface area (Å²) in [6.45, 7) is 0. The molecule has 0 bridgehead atoms. The molecule has 8 heteroatoms. The van der Waals surface area contributed by atoms with Crippen molar-refractivity contribution >= 4 is 29.7 Å². The molecule has 22 heavy (non-hydrogen) atoms. The second-order valence-electron chi connectivity index (χ2n) is 4.81. The van der Waals surface area contributed by atoms with Gasteiger partial charge in [-0.1, -0.05) is 17.2 Å². The Morgan fingerprint density at radius 2 is 1.73 bits per heavy atom. The van der Waals surface area contributed by atoms with Crippen molar-refractivity contribution in [1.82, 2.24) is 5.06 Å². The van der Waals surface area contributed by atoms with Crippen LogP contribution in [-0.4, -0.2) is 34.8 Å². The smallest absolute Gasteiger partial charge is 0.334 e. The van der Waals surface area contributed by atoms with Gasteiger partial charge in [-0.25, -0.2) is 4.79 Å². The molecule has 112 valence electrons. The molecule has 3 rings (SSSR count). The van der Waals surface area contributed by atoms with Crippen LogP contribution in [0.3, 0.4) is 0 Å². The van der Waals surface area contributed by atoms with Crippen molar-refractivity contribution in [2.75, 3.05) is 0 Å². The monoisotopic (exact) mass is 303 g/mol. The molecule has 1 aromatic rings. The van der Waals surface area contributed by atoms with Gasteiger partial charge in [0.1, 0.15) is 0 Å². The van der Waals surface area contributed by atoms with Gasteiger partial charge in [-0.3, -0.25) is 19.2 Å². The van der Waals surface area contributed by atoms with Crippen LogP contribution in [0.15, 0.2) is 24.3 Å². The van der Waals surface area contributed by atoms with E-state index in [1.54, 1.807) is 12.1 Å². The molecule has 0 saturated carbocycles. The summed E-state index contributed by atoms with van der Waals surface area (Å²) in [5.74, 6) is -4.95. The molecular formula is C14H9NO7. The van der Waals surface area contributed by atoms with E-state index >= 15 is 0 Å². The number of carbonyl (C=O) groups excluding carboxylic acids is 5. The number of hydrogen-bond donors (Lipinski definition) is 0. The zero-order valence-corrected chi connectivity index (χ0v) is 11.1. The number of benzene rings is 1. The number of nitrogens with zero attached hydrogens (tertiary/aromatic N) is 1. The second-order valence-corrected chi connectivity index (χ2v) is 4.81. The van der Waals surface area contributed by atoms with E-state index in [0.29, 0.717) is 5.06 Å². The van der Waals surface area contributed by atoms with Gasteiger partial charge in [0.15, 0.2) is 0 Å². The predicted molar refractivity (Wildman–Crippen MR) is 66.9 cm³/mol. The number of carbonyl (C=O) groups is 5. The maximum atomic E-state index is 12.0. The largest absolute Gasteiger partial charge is 0.393 e. The van der Waals surface area contributed by atoms with Crippen LogP contribution in [0.5, 0.6) is 0 Å². The summed E-state index contributed by atoms with van der Waals surface area (Å²) >= 11 is 0. The average Bonchev–Trinajstić information content (AvgIpc) is 2.91. The van der Waals surface area contributed by atoms with E-state index in [9.17, 15) is 24.0 Å². The van der Waals surface area contributed by atoms with Gasteiger partial charge in [-0.15, -0.1) is 0 Å². The second kappa shape index (κ2) is 5.06. The fraction of sp³-hybridized carbons (Fsp3) is 0.214. The Bertz CT molecular complexity index is 689. The topological polar surface area (TPSA) is 107 Å². The van der Waals surface area contributed by atoms with Crippen molar-refractivity contribution in [1.29, 1.82) is 0 Å². The van der Waals surface area contributed by atoms with Crippen molar-refractivity contribution in [2.24, 2.45) is 5.92 Å². The van der Waals surface area contributed by atoms with Gasteiger partial charge >= 0.3 is 17.9 Å². The van der Waals surface area contributed by atoms with E-state index in [4.69, 9.17) is 4.84 Å². The molecule has 0 spiro atoms. The molecule has 1 saturated heterocycles. The number of imide groups is 1. The van der Waals surface area contributed by atoms with Crippen molar-refractivity contribution in [3.05, 3.63) is 35.4 Å². The first-order valence-corrected chi connectivity index (χ1v) is 6.40. The lowest BCUT2D eigenvalue weighted by Gasteiger charge is -2.13. The number of cyclic esters (lactones) is 2. The third kappa shape index (κ3) is 2.24. The van der Waals surface area contributed by atoms with E-state index in [0.717, 1.165) is 0 Å². The first-order chi connectivity index (χ1) is 10.5. The third-order valence-electron chi connectivity index (χ3n) is 3.32. The van der Waals surface area contributed by atoms with Crippen LogP contribution in [0, 0.1) is 5.92 Å². The van der Waals surface area contributed by atoms with Crippen LogP contribution in [0.4, 0.5) is 0 Å². The minimum Gasteiger partial charge on any atom is -0.393 e. The summed E-state index contributed by atoms with van der Waals surface area (Å²) in [4.78, 5) is 62.7. The predicted octanol–water partition coefficient (Wildman–Crippen LogP) is 0.221. The molecule has 2 amide bonds. The van der Waals surface area contributed by atoms with Crippen LogP contribution >= 0.6 is 0 Å². The molecule has 2 heterocycles. The van der Waals surface area contributed by atoms with Crippen LogP contribution in [0.2, 0.25) is 0 Å². The number of fused-ring (bicyclic) bond motifs is 1. The molecule has 2 aliphatic rings. The van der Waals surface area contributed by atoms with E-state index in [1.165, 1.54) is 12.1 Å². The number of hydrogen-bond acceptors (Lipinski definition) is 7. The van der Waals surface area contributed by atoms with E-state index < -0.39 is 42.1 Å². The summed E-state index contributed by atoms with van der Waals surface area (Å²) in [5, 5.41) is 0.356. The molecular weight excluding hydrogens is 294 g/mol. The van der Waals surface area contributed by atoms with Crippen molar-refractivity contribution in [3.8, 4) is 0 Å². The Hall–Kier alpha value is -3.03. The number of rotatable bonds is 3. The van der Waals surface area contributed by atoms with Gasteiger partial charge in [0.2, 0.25) is 0 Å². The van der Waals surface area contributed by atoms with Crippen LogP contribution in [0.25, 0.3) is 0 Å². The summed E-state index contributed by atoms with van der Waals surface area (Å²) in [7, 11) is 0. The van der Waals surface area contributed by atoms with Crippen molar-refractivity contribution in [3.63, 3.8) is 0 Å². The highest BCUT2D eigenvalue weighted by atomic mass is 16.7. The minimum atomic E-state index is -0.967. The number of amides is 2. The lowest BCUT2D eigenvalue weighted by molar-refractivity contribution is -0.171. The van der Waals surface area contributed by atoms with Crippen LogP contribution in [-0.2, 0) is 24.0 Å². The van der Waals surface area contributed by atoms with Crippen molar-refractivity contribution < 1.29 is 33.5 Å². The summed E-state index contributed by atoms with van der Waals surface area (Å²) in [6, 6.07) is 6.04. The molecule has 0 radical (unpaired) electrons. The fourth-order valence-electron chi connectivity index (χ4n) is 2.27. The lowest BCUT2D eigenvalue weighted by atomic mass is 10.0. The molecule has 0 aliphatic carbocycles. The Morgan fingerprint density at radius 3 is 2.23 bits per heavy atom. The first-order valence-electron chi connectivity index (χ1n) is 6.40. The molecule has 8 nitrogen and oxygen atoms in total. The maximum Gasteiger partial charge on any atom is 0.334 e. The molecule has 1 unspecified atom stereocenters. The number of hydroxylamine groups is 2. The van der Waals surface area contributed by atoms with Gasteiger partial charge in [-0.2, -0.15) is 0 Å². The highest BCUT2D eigenvalue weighted by Crippen LogP contribution is 2.24. The van der Waals surface area contributed by atoms with Gasteiger partial charge in [0.25, 0.3) is 11.8 Å². The zero-order chi connectivity index (χ0) is 15.9. The molecule has 0 N–H and O–H groups in total. The minimum absolute atomic E-state index is 0.135. The summed E-state index contributed by atoms with van der Waals surface area (Å²) in [6.07, 6.45) is -0.673. The van der Waals surface area contributed by atoms with E-state index in [2.05, 4.69) is 4.74 Å². The number of ether oxygens (including phenoxy) is 1. The molecule has 2 aliphatic heterocycles.